The third-order valence-corrected chi connectivity index (χ3v) is 2.42. The van der Waals surface area contributed by atoms with E-state index in [4.69, 9.17) is 0 Å². The minimum Gasteiger partial charge on any atom is -0.346 e. The Hall–Kier alpha value is -1.98. The summed E-state index contributed by atoms with van der Waals surface area (Å²) in [5.74, 6) is 0.816. The van der Waals surface area contributed by atoms with E-state index in [1.54, 1.807) is 7.05 Å². The van der Waals surface area contributed by atoms with Crippen LogP contribution in [0.25, 0.3) is 0 Å². The Morgan fingerprint density at radius 2 is 2.29 bits per heavy atom. The summed E-state index contributed by atoms with van der Waals surface area (Å²) in [6.07, 6.45) is 5.15. The second-order valence-corrected chi connectivity index (χ2v) is 3.94. The van der Waals surface area contributed by atoms with Gasteiger partial charge in [0.1, 0.15) is 0 Å². The molecule has 0 aromatic carbocycles. The molecule has 0 aliphatic heterocycles. The standard InChI is InChI=1S/C11H15N5O/c1-3-4-10(17)9-5-6-16(7-9)8-11-12-14-15(2)13-11/h5-7H,3-4,8H2,1-2H3. The normalized spacial score (nSPS) is 10.7. The Labute approximate surface area is 99.2 Å². The summed E-state index contributed by atoms with van der Waals surface area (Å²) in [5.41, 5.74) is 0.746. The molecule has 0 spiro atoms. The lowest BCUT2D eigenvalue weighted by Crippen LogP contribution is -2.01. The summed E-state index contributed by atoms with van der Waals surface area (Å²) in [5, 5.41) is 11.7. The van der Waals surface area contributed by atoms with Crippen LogP contribution >= 0.6 is 0 Å². The van der Waals surface area contributed by atoms with Crippen molar-refractivity contribution in [3.63, 3.8) is 0 Å². The Bertz CT molecular complexity index is 513. The zero-order valence-corrected chi connectivity index (χ0v) is 10.00. The smallest absolute Gasteiger partial charge is 0.194 e. The molecule has 0 unspecified atom stereocenters. The van der Waals surface area contributed by atoms with Gasteiger partial charge in [0, 0.05) is 24.4 Å². The first-order valence-corrected chi connectivity index (χ1v) is 5.61. The molecule has 2 rings (SSSR count). The van der Waals surface area contributed by atoms with Gasteiger partial charge >= 0.3 is 0 Å². The Morgan fingerprint density at radius 1 is 1.47 bits per heavy atom. The maximum absolute atomic E-state index is 11.7. The molecule has 2 aromatic rings. The molecule has 0 saturated carbocycles. The van der Waals surface area contributed by atoms with Crippen LogP contribution in [0.2, 0.25) is 0 Å². The van der Waals surface area contributed by atoms with Crippen molar-refractivity contribution >= 4 is 5.78 Å². The second-order valence-electron chi connectivity index (χ2n) is 3.94. The number of carbonyl (C=O) groups excluding carboxylic acids is 1. The number of Topliss-reactive ketones (excluding diaryl/α,β-unsaturated/α-hetero) is 1. The summed E-state index contributed by atoms with van der Waals surface area (Å²) in [6.45, 7) is 2.53. The van der Waals surface area contributed by atoms with Crippen molar-refractivity contribution in [2.24, 2.45) is 7.05 Å². The zero-order valence-electron chi connectivity index (χ0n) is 10.00. The van der Waals surface area contributed by atoms with Crippen molar-refractivity contribution in [2.45, 2.75) is 26.3 Å². The van der Waals surface area contributed by atoms with Crippen molar-refractivity contribution in [3.05, 3.63) is 29.8 Å². The molecule has 2 aromatic heterocycles. The SMILES string of the molecule is CCCC(=O)c1ccn(Cc2nnn(C)n2)c1. The van der Waals surface area contributed by atoms with Gasteiger partial charge in [0.25, 0.3) is 0 Å². The monoisotopic (exact) mass is 233 g/mol. The highest BCUT2D eigenvalue weighted by Gasteiger charge is 2.07. The molecule has 2 heterocycles. The molecular weight excluding hydrogens is 218 g/mol. The number of carbonyl (C=O) groups is 1. The second kappa shape index (κ2) is 4.90. The third-order valence-electron chi connectivity index (χ3n) is 2.42. The molecule has 0 aliphatic rings. The van der Waals surface area contributed by atoms with E-state index in [1.165, 1.54) is 4.80 Å². The van der Waals surface area contributed by atoms with Crippen LogP contribution in [0.15, 0.2) is 18.5 Å². The lowest BCUT2D eigenvalue weighted by molar-refractivity contribution is 0.0981. The van der Waals surface area contributed by atoms with E-state index in [2.05, 4.69) is 15.4 Å². The van der Waals surface area contributed by atoms with Gasteiger partial charge in [0.15, 0.2) is 11.6 Å². The molecule has 17 heavy (non-hydrogen) atoms. The van der Waals surface area contributed by atoms with Gasteiger partial charge in [0.2, 0.25) is 0 Å². The Balaban J connectivity index is 2.06. The van der Waals surface area contributed by atoms with E-state index in [1.807, 2.05) is 30.0 Å². The number of rotatable bonds is 5. The van der Waals surface area contributed by atoms with E-state index < -0.39 is 0 Å². The van der Waals surface area contributed by atoms with Crippen LogP contribution in [0.5, 0.6) is 0 Å². The fourth-order valence-electron chi connectivity index (χ4n) is 1.63. The lowest BCUT2D eigenvalue weighted by atomic mass is 10.1. The summed E-state index contributed by atoms with van der Waals surface area (Å²) < 4.78 is 1.89. The summed E-state index contributed by atoms with van der Waals surface area (Å²) >= 11 is 0. The largest absolute Gasteiger partial charge is 0.346 e. The fourth-order valence-corrected chi connectivity index (χ4v) is 1.63. The minimum atomic E-state index is 0.179. The highest BCUT2D eigenvalue weighted by molar-refractivity contribution is 5.95. The summed E-state index contributed by atoms with van der Waals surface area (Å²) in [4.78, 5) is 13.1. The first-order chi connectivity index (χ1) is 8.19. The Kier molecular flexibility index (Phi) is 3.32. The Morgan fingerprint density at radius 3 is 2.94 bits per heavy atom. The number of tetrazole rings is 1. The molecule has 90 valence electrons. The van der Waals surface area contributed by atoms with E-state index in [0.717, 1.165) is 12.0 Å². The molecular formula is C11H15N5O. The first kappa shape index (κ1) is 11.5. The molecule has 0 aliphatic carbocycles. The van der Waals surface area contributed by atoms with Crippen LogP contribution in [0, 0.1) is 0 Å². The minimum absolute atomic E-state index is 0.179. The van der Waals surface area contributed by atoms with Gasteiger partial charge in [-0.1, -0.05) is 6.92 Å². The van der Waals surface area contributed by atoms with E-state index in [9.17, 15) is 4.79 Å². The molecule has 6 nitrogen and oxygen atoms in total. The van der Waals surface area contributed by atoms with Crippen LogP contribution in [-0.4, -0.2) is 30.6 Å². The van der Waals surface area contributed by atoms with Crippen molar-refractivity contribution in [2.75, 3.05) is 0 Å². The third kappa shape index (κ3) is 2.77. The number of hydrogen-bond donors (Lipinski definition) is 0. The van der Waals surface area contributed by atoms with E-state index in [0.29, 0.717) is 18.8 Å². The molecule has 0 radical (unpaired) electrons. The van der Waals surface area contributed by atoms with Crippen LogP contribution < -0.4 is 0 Å². The quantitative estimate of drug-likeness (QED) is 0.724. The number of ketones is 1. The molecule has 0 atom stereocenters. The predicted octanol–water partition coefficient (Wildman–Crippen LogP) is 1.04. The predicted molar refractivity (Wildman–Crippen MR) is 61.6 cm³/mol. The van der Waals surface area contributed by atoms with Gasteiger partial charge in [-0.3, -0.25) is 4.79 Å². The lowest BCUT2D eigenvalue weighted by Gasteiger charge is -1.97. The number of nitrogens with zero attached hydrogens (tertiary/aromatic N) is 5. The molecule has 0 fully saturated rings. The number of aryl methyl sites for hydroxylation is 1. The van der Waals surface area contributed by atoms with Crippen molar-refractivity contribution in [1.29, 1.82) is 0 Å². The fraction of sp³-hybridized carbons (Fsp3) is 0.455. The molecule has 0 saturated heterocycles. The average Bonchev–Trinajstić information content (AvgIpc) is 2.89. The van der Waals surface area contributed by atoms with Gasteiger partial charge in [-0.2, -0.15) is 4.80 Å². The van der Waals surface area contributed by atoms with Crippen LogP contribution in [0.3, 0.4) is 0 Å². The van der Waals surface area contributed by atoms with E-state index in [-0.39, 0.29) is 5.78 Å². The average molecular weight is 233 g/mol. The van der Waals surface area contributed by atoms with Gasteiger partial charge in [-0.15, -0.1) is 10.2 Å². The maximum atomic E-state index is 11.7. The van der Waals surface area contributed by atoms with Crippen molar-refractivity contribution in [1.82, 2.24) is 24.8 Å². The van der Waals surface area contributed by atoms with Crippen molar-refractivity contribution < 1.29 is 4.79 Å². The first-order valence-electron chi connectivity index (χ1n) is 5.61. The van der Waals surface area contributed by atoms with Crippen LogP contribution in [-0.2, 0) is 13.6 Å². The van der Waals surface area contributed by atoms with Crippen LogP contribution in [0.4, 0.5) is 0 Å². The molecule has 0 bridgehead atoms. The highest BCUT2D eigenvalue weighted by Crippen LogP contribution is 2.07. The van der Waals surface area contributed by atoms with Crippen molar-refractivity contribution in [3.8, 4) is 0 Å². The maximum Gasteiger partial charge on any atom is 0.194 e. The molecule has 0 amide bonds. The highest BCUT2D eigenvalue weighted by atomic mass is 16.1. The van der Waals surface area contributed by atoms with Gasteiger partial charge in [-0.25, -0.2) is 0 Å². The zero-order chi connectivity index (χ0) is 12.3. The van der Waals surface area contributed by atoms with Gasteiger partial charge < -0.3 is 4.57 Å². The van der Waals surface area contributed by atoms with Gasteiger partial charge in [0.05, 0.1) is 13.6 Å². The molecule has 0 N–H and O–H groups in total. The van der Waals surface area contributed by atoms with Gasteiger partial charge in [-0.05, 0) is 17.7 Å². The summed E-state index contributed by atoms with van der Waals surface area (Å²) in [7, 11) is 1.72. The summed E-state index contributed by atoms with van der Waals surface area (Å²) in [6, 6.07) is 1.83. The molecule has 6 heteroatoms. The van der Waals surface area contributed by atoms with Crippen LogP contribution in [0.1, 0.15) is 35.9 Å². The number of hydrogen-bond acceptors (Lipinski definition) is 4. The topological polar surface area (TPSA) is 65.6 Å². The van der Waals surface area contributed by atoms with E-state index >= 15 is 0 Å². The number of aromatic nitrogens is 5.